The van der Waals surface area contributed by atoms with E-state index in [4.69, 9.17) is 11.6 Å². The molecule has 2 heterocycles. The van der Waals surface area contributed by atoms with Crippen molar-refractivity contribution in [2.45, 2.75) is 52.5 Å². The molecule has 0 unspecified atom stereocenters. The van der Waals surface area contributed by atoms with Crippen molar-refractivity contribution in [3.05, 3.63) is 94.4 Å². The van der Waals surface area contributed by atoms with Crippen molar-refractivity contribution >= 4 is 28.9 Å². The minimum Gasteiger partial charge on any atom is -0.352 e. The Morgan fingerprint density at radius 3 is 2.17 bits per heavy atom. The Morgan fingerprint density at radius 1 is 0.886 bits per heavy atom. The summed E-state index contributed by atoms with van der Waals surface area (Å²) < 4.78 is 1.81. The summed E-state index contributed by atoms with van der Waals surface area (Å²) in [7, 11) is 0. The zero-order valence-electron chi connectivity index (χ0n) is 20.2. The second-order valence-corrected chi connectivity index (χ2v) is 9.12. The van der Waals surface area contributed by atoms with Gasteiger partial charge in [0.1, 0.15) is 11.3 Å². The Balaban J connectivity index is 1.39. The van der Waals surface area contributed by atoms with Crippen molar-refractivity contribution < 1.29 is 9.59 Å². The van der Waals surface area contributed by atoms with Gasteiger partial charge in [-0.1, -0.05) is 74.0 Å². The second kappa shape index (κ2) is 11.3. The molecule has 0 radical (unpaired) electrons. The molecular weight excluding hydrogens is 458 g/mol. The average molecular weight is 488 g/mol. The SMILES string of the molecule is CCCC(=O)NCc1ccc(-c2ccc(CCC(=O)c3c(CC)nc4ccc(Cl)cn34)cc2)cc1. The van der Waals surface area contributed by atoms with Crippen LogP contribution in [0.25, 0.3) is 16.8 Å². The first-order chi connectivity index (χ1) is 17.0. The molecule has 0 bridgehead atoms. The van der Waals surface area contributed by atoms with E-state index in [0.29, 0.717) is 42.9 Å². The Kier molecular flexibility index (Phi) is 7.98. The molecule has 4 aromatic rings. The number of hydrogen-bond donors (Lipinski definition) is 1. The molecule has 4 rings (SSSR count). The number of halogens is 1. The van der Waals surface area contributed by atoms with Crippen molar-refractivity contribution in [1.82, 2.24) is 14.7 Å². The first-order valence-corrected chi connectivity index (χ1v) is 12.5. The molecule has 0 aliphatic heterocycles. The summed E-state index contributed by atoms with van der Waals surface area (Å²) in [5.74, 6) is 0.157. The largest absolute Gasteiger partial charge is 0.352 e. The lowest BCUT2D eigenvalue weighted by molar-refractivity contribution is -0.121. The lowest BCUT2D eigenvalue weighted by Gasteiger charge is -2.08. The molecule has 180 valence electrons. The van der Waals surface area contributed by atoms with Crippen LogP contribution in [0.15, 0.2) is 66.9 Å². The third-order valence-corrected chi connectivity index (χ3v) is 6.33. The maximum atomic E-state index is 13.1. The van der Waals surface area contributed by atoms with Crippen LogP contribution in [0, 0.1) is 0 Å². The highest BCUT2D eigenvalue weighted by Crippen LogP contribution is 2.22. The fourth-order valence-corrected chi connectivity index (χ4v) is 4.34. The fraction of sp³-hybridized carbons (Fsp3) is 0.276. The maximum absolute atomic E-state index is 13.1. The minimum atomic E-state index is 0.0716. The van der Waals surface area contributed by atoms with E-state index < -0.39 is 0 Å². The number of hydrogen-bond acceptors (Lipinski definition) is 3. The maximum Gasteiger partial charge on any atom is 0.220 e. The Morgan fingerprint density at radius 2 is 1.54 bits per heavy atom. The van der Waals surface area contributed by atoms with Crippen LogP contribution in [0.3, 0.4) is 0 Å². The monoisotopic (exact) mass is 487 g/mol. The van der Waals surface area contributed by atoms with Gasteiger partial charge in [-0.05, 0) is 53.6 Å². The van der Waals surface area contributed by atoms with E-state index in [9.17, 15) is 9.59 Å². The van der Waals surface area contributed by atoms with Gasteiger partial charge in [0.15, 0.2) is 5.78 Å². The van der Waals surface area contributed by atoms with Crippen molar-refractivity contribution in [1.29, 1.82) is 0 Å². The molecule has 6 heteroatoms. The number of imidazole rings is 1. The van der Waals surface area contributed by atoms with Crippen molar-refractivity contribution in [3.63, 3.8) is 0 Å². The minimum absolute atomic E-state index is 0.0716. The molecule has 2 aromatic carbocycles. The van der Waals surface area contributed by atoms with Gasteiger partial charge in [-0.2, -0.15) is 0 Å². The normalized spacial score (nSPS) is 11.1. The zero-order valence-corrected chi connectivity index (χ0v) is 20.9. The Bertz CT molecular complexity index is 1320. The fourth-order valence-electron chi connectivity index (χ4n) is 4.18. The molecule has 2 aromatic heterocycles. The number of fused-ring (bicyclic) bond motifs is 1. The van der Waals surface area contributed by atoms with E-state index in [0.717, 1.165) is 40.0 Å². The van der Waals surface area contributed by atoms with Gasteiger partial charge in [0, 0.05) is 25.6 Å². The van der Waals surface area contributed by atoms with E-state index in [1.807, 2.05) is 36.4 Å². The number of ketones is 1. The van der Waals surface area contributed by atoms with E-state index in [1.165, 1.54) is 0 Å². The van der Waals surface area contributed by atoms with Gasteiger partial charge in [0.25, 0.3) is 0 Å². The molecule has 0 aliphatic carbocycles. The number of pyridine rings is 1. The average Bonchev–Trinajstić information content (AvgIpc) is 3.25. The smallest absolute Gasteiger partial charge is 0.220 e. The van der Waals surface area contributed by atoms with Crippen LogP contribution in [-0.2, 0) is 24.2 Å². The highest BCUT2D eigenvalue weighted by atomic mass is 35.5. The molecular formula is C29H30ClN3O2. The first-order valence-electron chi connectivity index (χ1n) is 12.1. The number of nitrogens with zero attached hydrogens (tertiary/aromatic N) is 2. The number of aryl methyl sites for hydroxylation is 2. The van der Waals surface area contributed by atoms with E-state index in [-0.39, 0.29) is 11.7 Å². The molecule has 0 aliphatic rings. The quantitative estimate of drug-likeness (QED) is 0.261. The Hall–Kier alpha value is -3.44. The van der Waals surface area contributed by atoms with Crippen LogP contribution in [0.5, 0.6) is 0 Å². The highest BCUT2D eigenvalue weighted by Gasteiger charge is 2.18. The lowest BCUT2D eigenvalue weighted by Crippen LogP contribution is -2.21. The highest BCUT2D eigenvalue weighted by molar-refractivity contribution is 6.30. The van der Waals surface area contributed by atoms with E-state index >= 15 is 0 Å². The summed E-state index contributed by atoms with van der Waals surface area (Å²) in [6.45, 7) is 4.55. The van der Waals surface area contributed by atoms with Gasteiger partial charge < -0.3 is 5.32 Å². The molecule has 0 atom stereocenters. The molecule has 0 saturated carbocycles. The number of carbonyl (C=O) groups excluding carboxylic acids is 2. The summed E-state index contributed by atoms with van der Waals surface area (Å²) in [6.07, 6.45) is 4.93. The number of aromatic nitrogens is 2. The van der Waals surface area contributed by atoms with Gasteiger partial charge in [0.2, 0.25) is 5.91 Å². The van der Waals surface area contributed by atoms with E-state index in [1.54, 1.807) is 12.3 Å². The number of benzene rings is 2. The van der Waals surface area contributed by atoms with Crippen LogP contribution in [0.1, 0.15) is 60.4 Å². The second-order valence-electron chi connectivity index (χ2n) is 8.68. The molecule has 1 amide bonds. The summed E-state index contributed by atoms with van der Waals surface area (Å²) in [4.78, 5) is 29.4. The first kappa shape index (κ1) is 24.7. The third kappa shape index (κ3) is 5.98. The number of amides is 1. The molecule has 5 nitrogen and oxygen atoms in total. The van der Waals surface area contributed by atoms with Crippen molar-refractivity contribution in [2.75, 3.05) is 0 Å². The topological polar surface area (TPSA) is 63.5 Å². The number of nitrogens with one attached hydrogen (secondary N) is 1. The van der Waals surface area contributed by atoms with Gasteiger partial charge >= 0.3 is 0 Å². The molecule has 1 N–H and O–H groups in total. The van der Waals surface area contributed by atoms with Gasteiger partial charge in [-0.25, -0.2) is 4.98 Å². The summed E-state index contributed by atoms with van der Waals surface area (Å²) in [5.41, 5.74) is 6.61. The molecule has 0 fully saturated rings. The standard InChI is InChI=1S/C29H30ClN3O2/c1-3-5-28(35)31-18-21-8-13-23(14-9-21)22-11-6-20(7-12-22)10-16-26(34)29-25(4-2)32-27-17-15-24(30)19-33(27)29/h6-9,11-15,17,19H,3-5,10,16,18H2,1-2H3,(H,31,35). The van der Waals surface area contributed by atoms with Gasteiger partial charge in [0.05, 0.1) is 10.7 Å². The predicted octanol–water partition coefficient (Wildman–Crippen LogP) is 6.45. The zero-order chi connectivity index (χ0) is 24.8. The van der Waals surface area contributed by atoms with Crippen LogP contribution in [0.4, 0.5) is 0 Å². The number of carbonyl (C=O) groups is 2. The predicted molar refractivity (Wildman–Crippen MR) is 141 cm³/mol. The summed E-state index contributed by atoms with van der Waals surface area (Å²) >= 11 is 6.16. The molecule has 0 spiro atoms. The molecule has 0 saturated heterocycles. The third-order valence-electron chi connectivity index (χ3n) is 6.10. The van der Waals surface area contributed by atoms with Gasteiger partial charge in [-0.3, -0.25) is 14.0 Å². The summed E-state index contributed by atoms with van der Waals surface area (Å²) in [5, 5.41) is 3.52. The van der Waals surface area contributed by atoms with Crippen LogP contribution < -0.4 is 5.32 Å². The van der Waals surface area contributed by atoms with Gasteiger partial charge in [-0.15, -0.1) is 0 Å². The Labute approximate surface area is 211 Å². The number of Topliss-reactive ketones (excluding diaryl/α,β-unsaturated/α-hetero) is 1. The van der Waals surface area contributed by atoms with Crippen LogP contribution >= 0.6 is 11.6 Å². The van der Waals surface area contributed by atoms with Crippen LogP contribution in [0.2, 0.25) is 5.02 Å². The van der Waals surface area contributed by atoms with Crippen molar-refractivity contribution in [3.8, 4) is 11.1 Å². The molecule has 35 heavy (non-hydrogen) atoms. The van der Waals surface area contributed by atoms with Crippen LogP contribution in [-0.4, -0.2) is 21.1 Å². The van der Waals surface area contributed by atoms with E-state index in [2.05, 4.69) is 46.7 Å². The van der Waals surface area contributed by atoms with Crippen molar-refractivity contribution in [2.24, 2.45) is 0 Å². The number of rotatable bonds is 10. The summed E-state index contributed by atoms with van der Waals surface area (Å²) in [6, 6.07) is 20.2. The lowest BCUT2D eigenvalue weighted by atomic mass is 9.99.